The van der Waals surface area contributed by atoms with Crippen LogP contribution >= 0.6 is 23.5 Å². The van der Waals surface area contributed by atoms with Crippen LogP contribution < -0.4 is 4.90 Å². The molecule has 1 aliphatic carbocycles. The second-order valence-electron chi connectivity index (χ2n) is 13.8. The Morgan fingerprint density at radius 1 is 0.846 bits per heavy atom. The molecule has 9 rings (SSSR count). The van der Waals surface area contributed by atoms with Crippen molar-refractivity contribution < 1.29 is 0 Å². The van der Waals surface area contributed by atoms with Gasteiger partial charge in [0, 0.05) is 48.8 Å². The summed E-state index contributed by atoms with van der Waals surface area (Å²) in [6.45, 7) is 8.45. The van der Waals surface area contributed by atoms with Crippen molar-refractivity contribution in [1.29, 1.82) is 10.5 Å². The summed E-state index contributed by atoms with van der Waals surface area (Å²) >= 11 is 3.75. The highest BCUT2D eigenvalue weighted by atomic mass is 32.2. The maximum Gasteiger partial charge on any atom is 0.101 e. The summed E-state index contributed by atoms with van der Waals surface area (Å²) in [5.74, 6) is 3.14. The molecular formula is C46H34N4S2. The molecule has 4 aromatic carbocycles. The molecule has 0 N–H and O–H groups in total. The molecule has 0 saturated carbocycles. The zero-order chi connectivity index (χ0) is 35.7. The second kappa shape index (κ2) is 12.6. The van der Waals surface area contributed by atoms with Gasteiger partial charge in [0.15, 0.2) is 0 Å². The van der Waals surface area contributed by atoms with Gasteiger partial charge < -0.3 is 9.47 Å². The standard InChI is InChI=1S/C46H34N4S2/c1-5-7-13-32-28(4)51-41-21-19-31-27(3)36(16-8-6-2)49(45(31)43(32)41)38-23-30(26-48)39(24-29(38)25-47)50-37-17-11-9-14-33(37)34-20-22-42-44(46(34)50)35-15-10-12-18-40(35)52-42/h1,6-24,27-28,32,35-36,40H,2H2,3-4H3/b13-7-,16-8-. The first-order valence-electron chi connectivity index (χ1n) is 17.6. The number of aromatic nitrogens is 1. The molecule has 0 radical (unpaired) electrons. The Balaban J connectivity index is 1.32. The summed E-state index contributed by atoms with van der Waals surface area (Å²) in [5, 5.41) is 24.9. The third-order valence-corrected chi connectivity index (χ3v) is 13.7. The van der Waals surface area contributed by atoms with Crippen LogP contribution in [0.15, 0.2) is 132 Å². The maximum atomic E-state index is 11.0. The minimum Gasteiger partial charge on any atom is -0.332 e. The molecule has 6 unspecified atom stereocenters. The Bertz CT molecular complexity index is 2620. The third kappa shape index (κ3) is 4.63. The van der Waals surface area contributed by atoms with Crippen LogP contribution in [-0.4, -0.2) is 21.1 Å². The molecule has 4 aliphatic rings. The van der Waals surface area contributed by atoms with Crippen molar-refractivity contribution in [2.75, 3.05) is 4.90 Å². The van der Waals surface area contributed by atoms with Gasteiger partial charge in [0.2, 0.25) is 0 Å². The zero-order valence-corrected chi connectivity index (χ0v) is 30.5. The maximum absolute atomic E-state index is 11.0. The molecular weight excluding hydrogens is 673 g/mol. The average molecular weight is 707 g/mol. The van der Waals surface area contributed by atoms with Gasteiger partial charge in [-0.25, -0.2) is 0 Å². The van der Waals surface area contributed by atoms with E-state index in [9.17, 15) is 10.5 Å². The van der Waals surface area contributed by atoms with E-state index in [1.165, 1.54) is 26.5 Å². The van der Waals surface area contributed by atoms with Crippen LogP contribution in [0.3, 0.4) is 0 Å². The topological polar surface area (TPSA) is 55.8 Å². The van der Waals surface area contributed by atoms with Crippen LogP contribution in [0.4, 0.5) is 11.4 Å². The van der Waals surface area contributed by atoms with E-state index in [0.29, 0.717) is 27.3 Å². The molecule has 0 fully saturated rings. The minimum atomic E-state index is -0.0984. The molecule has 0 amide bonds. The number of para-hydroxylation sites is 1. The number of nitriles is 2. The lowest BCUT2D eigenvalue weighted by molar-refractivity contribution is 0.695. The normalized spacial score (nSPS) is 23.9. The lowest BCUT2D eigenvalue weighted by Crippen LogP contribution is -2.29. The van der Waals surface area contributed by atoms with Crippen LogP contribution in [0.2, 0.25) is 0 Å². The molecule has 0 saturated heterocycles. The fraction of sp³-hybridized carbons (Fsp3) is 0.174. The molecule has 3 aliphatic heterocycles. The van der Waals surface area contributed by atoms with Crippen molar-refractivity contribution in [2.45, 2.75) is 57.9 Å². The highest BCUT2D eigenvalue weighted by Crippen LogP contribution is 2.58. The van der Waals surface area contributed by atoms with E-state index in [1.54, 1.807) is 12.2 Å². The van der Waals surface area contributed by atoms with Gasteiger partial charge in [-0.3, -0.25) is 0 Å². The van der Waals surface area contributed by atoms with Crippen LogP contribution in [0, 0.1) is 35.0 Å². The summed E-state index contributed by atoms with van der Waals surface area (Å²) in [6, 6.07) is 26.3. The smallest absolute Gasteiger partial charge is 0.101 e. The van der Waals surface area contributed by atoms with E-state index >= 15 is 0 Å². The highest BCUT2D eigenvalue weighted by molar-refractivity contribution is 8.00. The summed E-state index contributed by atoms with van der Waals surface area (Å²) < 4.78 is 2.24. The molecule has 0 spiro atoms. The van der Waals surface area contributed by atoms with Gasteiger partial charge in [-0.15, -0.1) is 29.9 Å². The third-order valence-electron chi connectivity index (χ3n) is 11.1. The van der Waals surface area contributed by atoms with Crippen LogP contribution in [0.1, 0.15) is 59.4 Å². The second-order valence-corrected chi connectivity index (χ2v) is 16.4. The van der Waals surface area contributed by atoms with Crippen LogP contribution in [-0.2, 0) is 0 Å². The number of hydrogen-bond donors (Lipinski definition) is 0. The number of hydrogen-bond acceptors (Lipinski definition) is 5. The first kappa shape index (κ1) is 32.3. The minimum absolute atomic E-state index is 0.0984. The van der Waals surface area contributed by atoms with Crippen LogP contribution in [0.25, 0.3) is 27.5 Å². The fourth-order valence-corrected chi connectivity index (χ4v) is 11.5. The van der Waals surface area contributed by atoms with E-state index in [4.69, 9.17) is 6.42 Å². The first-order valence-corrected chi connectivity index (χ1v) is 19.4. The van der Waals surface area contributed by atoms with Gasteiger partial charge in [0.1, 0.15) is 12.1 Å². The number of terminal acetylenes is 1. The molecule has 52 heavy (non-hydrogen) atoms. The number of allylic oxidation sites excluding steroid dienone is 7. The number of rotatable bonds is 5. The highest BCUT2D eigenvalue weighted by Gasteiger charge is 2.43. The van der Waals surface area contributed by atoms with E-state index in [-0.39, 0.29) is 23.8 Å². The zero-order valence-electron chi connectivity index (χ0n) is 28.8. The number of fused-ring (bicyclic) bond motifs is 10. The summed E-state index contributed by atoms with van der Waals surface area (Å²) in [5.41, 5.74) is 9.43. The summed E-state index contributed by atoms with van der Waals surface area (Å²) in [7, 11) is 0. The lowest BCUT2D eigenvalue weighted by Gasteiger charge is -2.31. The Morgan fingerprint density at radius 3 is 2.40 bits per heavy atom. The van der Waals surface area contributed by atoms with Gasteiger partial charge in [0.05, 0.1) is 45.3 Å². The monoisotopic (exact) mass is 706 g/mol. The van der Waals surface area contributed by atoms with Crippen molar-refractivity contribution in [1.82, 2.24) is 4.57 Å². The molecule has 4 nitrogen and oxygen atoms in total. The molecule has 250 valence electrons. The molecule has 4 heterocycles. The van der Waals surface area contributed by atoms with E-state index in [1.807, 2.05) is 47.8 Å². The van der Waals surface area contributed by atoms with Crippen molar-refractivity contribution in [2.24, 2.45) is 0 Å². The fourth-order valence-electron chi connectivity index (χ4n) is 8.86. The quantitative estimate of drug-likeness (QED) is 0.134. The number of benzene rings is 4. The predicted molar refractivity (Wildman–Crippen MR) is 217 cm³/mol. The van der Waals surface area contributed by atoms with E-state index in [0.717, 1.165) is 33.2 Å². The Kier molecular flexibility index (Phi) is 7.82. The van der Waals surface area contributed by atoms with Crippen LogP contribution in [0.5, 0.6) is 0 Å². The molecule has 6 heteroatoms. The van der Waals surface area contributed by atoms with Crippen molar-refractivity contribution in [3.8, 4) is 30.2 Å². The number of nitrogens with zero attached hydrogens (tertiary/aromatic N) is 4. The first-order chi connectivity index (χ1) is 25.5. The summed E-state index contributed by atoms with van der Waals surface area (Å²) in [4.78, 5) is 4.79. The van der Waals surface area contributed by atoms with Gasteiger partial charge in [-0.2, -0.15) is 10.5 Å². The van der Waals surface area contributed by atoms with Gasteiger partial charge in [0.25, 0.3) is 0 Å². The Labute approximate surface area is 313 Å². The molecule has 6 atom stereocenters. The SMILES string of the molecule is C#C/C=C\C1c2c(ccc3c2N(c2cc(C#N)c(-n4c5ccccc5c5ccc6c(c54)C4C=CC=CC4S6)cc2C#N)C(/C=C\C=C)C3C)SC1C. The number of thioether (sulfide) groups is 2. The van der Waals surface area contributed by atoms with Gasteiger partial charge in [-0.1, -0.05) is 105 Å². The molecule has 1 aromatic heterocycles. The van der Waals surface area contributed by atoms with Gasteiger partial charge in [-0.05, 0) is 53.1 Å². The van der Waals surface area contributed by atoms with Crippen molar-refractivity contribution >= 4 is 56.7 Å². The molecule has 0 bridgehead atoms. The lowest BCUT2D eigenvalue weighted by atomic mass is 9.90. The number of anilines is 2. The Hall–Kier alpha value is -5.58. The van der Waals surface area contributed by atoms with E-state index < -0.39 is 0 Å². The largest absolute Gasteiger partial charge is 0.332 e. The van der Waals surface area contributed by atoms with E-state index in [2.05, 4.69) is 127 Å². The average Bonchev–Trinajstić information content (AvgIpc) is 3.89. The summed E-state index contributed by atoms with van der Waals surface area (Å²) in [6.07, 6.45) is 24.5. The predicted octanol–water partition coefficient (Wildman–Crippen LogP) is 11.3. The van der Waals surface area contributed by atoms with Crippen molar-refractivity contribution in [3.05, 3.63) is 150 Å². The van der Waals surface area contributed by atoms with Gasteiger partial charge >= 0.3 is 0 Å². The van der Waals surface area contributed by atoms with Crippen molar-refractivity contribution in [3.63, 3.8) is 0 Å². The molecule has 5 aromatic rings. The Morgan fingerprint density at radius 2 is 1.60 bits per heavy atom.